The second-order valence-corrected chi connectivity index (χ2v) is 9.27. The summed E-state index contributed by atoms with van der Waals surface area (Å²) in [6, 6.07) is 1.69. The van der Waals surface area contributed by atoms with Crippen LogP contribution in [0.3, 0.4) is 0 Å². The average Bonchev–Trinajstić information content (AvgIpc) is 3.20. The van der Waals surface area contributed by atoms with Crippen molar-refractivity contribution in [2.24, 2.45) is 0 Å². The van der Waals surface area contributed by atoms with Gasteiger partial charge in [-0.15, -0.1) is 0 Å². The van der Waals surface area contributed by atoms with Crippen molar-refractivity contribution in [2.75, 3.05) is 23.0 Å². The minimum atomic E-state index is -3.00. The average molecular weight is 356 g/mol. The molecule has 1 atom stereocenters. The molecule has 1 aliphatic carbocycles. The number of nitrogens with zero attached hydrogens (tertiary/aromatic N) is 3. The van der Waals surface area contributed by atoms with Gasteiger partial charge in [-0.05, 0) is 26.2 Å². The number of thioether (sulfide) groups is 1. The summed E-state index contributed by atoms with van der Waals surface area (Å²) >= 11 is 1.25. The Bertz CT molecular complexity index is 698. The van der Waals surface area contributed by atoms with Gasteiger partial charge >= 0.3 is 0 Å². The number of aryl methyl sites for hydroxylation is 1. The van der Waals surface area contributed by atoms with Crippen LogP contribution in [0.15, 0.2) is 11.2 Å². The molecule has 0 aromatic carbocycles. The highest BCUT2D eigenvalue weighted by atomic mass is 32.2. The largest absolute Gasteiger partial charge is 0.384 e. The third-order valence-electron chi connectivity index (χ3n) is 4.01. The Morgan fingerprint density at radius 3 is 2.65 bits per heavy atom. The van der Waals surface area contributed by atoms with Crippen LogP contribution in [0, 0.1) is 6.92 Å². The van der Waals surface area contributed by atoms with Crippen molar-refractivity contribution in [3.05, 3.63) is 11.8 Å². The number of nitrogen functional groups attached to an aromatic ring is 1. The molecule has 2 N–H and O–H groups in total. The molecule has 1 saturated heterocycles. The van der Waals surface area contributed by atoms with Gasteiger partial charge in [0.2, 0.25) is 5.91 Å². The van der Waals surface area contributed by atoms with Gasteiger partial charge in [-0.2, -0.15) is 0 Å². The van der Waals surface area contributed by atoms with Gasteiger partial charge in [-0.25, -0.2) is 18.4 Å². The number of aromatic nitrogens is 2. The summed E-state index contributed by atoms with van der Waals surface area (Å²) in [6.07, 6.45) is 2.46. The van der Waals surface area contributed by atoms with E-state index in [4.69, 9.17) is 5.73 Å². The van der Waals surface area contributed by atoms with Crippen LogP contribution in [-0.2, 0) is 14.6 Å². The summed E-state index contributed by atoms with van der Waals surface area (Å²) in [5.74, 6) is 0.819. The second-order valence-electron chi connectivity index (χ2n) is 6.09. The van der Waals surface area contributed by atoms with Crippen LogP contribution in [0.25, 0.3) is 0 Å². The monoisotopic (exact) mass is 356 g/mol. The molecule has 2 fully saturated rings. The predicted molar refractivity (Wildman–Crippen MR) is 88.8 cm³/mol. The Hall–Kier alpha value is -1.35. The molecular weight excluding hydrogens is 336 g/mol. The van der Waals surface area contributed by atoms with Gasteiger partial charge in [-0.3, -0.25) is 4.79 Å². The van der Waals surface area contributed by atoms with E-state index in [2.05, 4.69) is 9.97 Å². The third kappa shape index (κ3) is 4.14. The molecule has 2 aliphatic rings. The molecule has 3 rings (SSSR count). The summed E-state index contributed by atoms with van der Waals surface area (Å²) in [4.78, 5) is 22.7. The fourth-order valence-corrected chi connectivity index (χ4v) is 5.37. The van der Waals surface area contributed by atoms with Gasteiger partial charge in [0.15, 0.2) is 15.0 Å². The van der Waals surface area contributed by atoms with Crippen LogP contribution in [0.5, 0.6) is 0 Å². The van der Waals surface area contributed by atoms with Crippen LogP contribution in [0.4, 0.5) is 5.82 Å². The highest BCUT2D eigenvalue weighted by Gasteiger charge is 2.41. The number of sulfone groups is 1. The maximum atomic E-state index is 12.6. The molecule has 1 aromatic heterocycles. The zero-order chi connectivity index (χ0) is 16.6. The number of anilines is 1. The predicted octanol–water partition coefficient (Wildman–Crippen LogP) is 0.637. The van der Waals surface area contributed by atoms with E-state index in [1.165, 1.54) is 11.8 Å². The van der Waals surface area contributed by atoms with Crippen molar-refractivity contribution in [3.8, 4) is 0 Å². The first-order valence-corrected chi connectivity index (χ1v) is 10.4. The molecule has 23 heavy (non-hydrogen) atoms. The van der Waals surface area contributed by atoms with Gasteiger partial charge in [0.1, 0.15) is 5.82 Å². The summed E-state index contributed by atoms with van der Waals surface area (Å²) in [5, 5.41) is 0.477. The van der Waals surface area contributed by atoms with Gasteiger partial charge in [0.25, 0.3) is 0 Å². The number of nitrogens with two attached hydrogens (primary N) is 1. The SMILES string of the molecule is Cc1cc(N)nc(SCC(=O)N(C2CC2)[C@@H]2CCS(=O)(=O)C2)n1. The molecule has 7 nitrogen and oxygen atoms in total. The van der Waals surface area contributed by atoms with Crippen LogP contribution in [0.2, 0.25) is 0 Å². The molecule has 9 heteroatoms. The van der Waals surface area contributed by atoms with Gasteiger partial charge in [-0.1, -0.05) is 11.8 Å². The van der Waals surface area contributed by atoms with E-state index >= 15 is 0 Å². The summed E-state index contributed by atoms with van der Waals surface area (Å²) in [5.41, 5.74) is 6.44. The molecule has 0 bridgehead atoms. The van der Waals surface area contributed by atoms with Crippen molar-refractivity contribution in [1.82, 2.24) is 14.9 Å². The number of hydrogen-bond donors (Lipinski definition) is 1. The zero-order valence-electron chi connectivity index (χ0n) is 12.9. The molecule has 0 unspecified atom stereocenters. The van der Waals surface area contributed by atoms with Gasteiger partial charge in [0, 0.05) is 23.8 Å². The highest BCUT2D eigenvalue weighted by molar-refractivity contribution is 7.99. The van der Waals surface area contributed by atoms with Crippen LogP contribution in [0.1, 0.15) is 25.0 Å². The van der Waals surface area contributed by atoms with Gasteiger partial charge < -0.3 is 10.6 Å². The first-order valence-electron chi connectivity index (χ1n) is 7.59. The topological polar surface area (TPSA) is 106 Å². The summed E-state index contributed by atoms with van der Waals surface area (Å²) in [6.45, 7) is 1.82. The van der Waals surface area contributed by atoms with E-state index in [0.29, 0.717) is 17.4 Å². The molecule has 1 aliphatic heterocycles. The van der Waals surface area contributed by atoms with Crippen molar-refractivity contribution >= 4 is 33.3 Å². The smallest absolute Gasteiger partial charge is 0.233 e. The molecule has 1 amide bonds. The Balaban J connectivity index is 1.65. The minimum Gasteiger partial charge on any atom is -0.384 e. The van der Waals surface area contributed by atoms with E-state index < -0.39 is 9.84 Å². The lowest BCUT2D eigenvalue weighted by atomic mass is 10.2. The second kappa shape index (κ2) is 6.27. The van der Waals surface area contributed by atoms with Crippen molar-refractivity contribution in [1.29, 1.82) is 0 Å². The molecule has 1 aromatic rings. The molecule has 1 saturated carbocycles. The molecule has 2 heterocycles. The van der Waals surface area contributed by atoms with E-state index in [1.54, 1.807) is 11.0 Å². The maximum absolute atomic E-state index is 12.6. The Morgan fingerprint density at radius 1 is 1.35 bits per heavy atom. The lowest BCUT2D eigenvalue weighted by Crippen LogP contribution is -2.43. The third-order valence-corrected chi connectivity index (χ3v) is 6.59. The maximum Gasteiger partial charge on any atom is 0.233 e. The Labute approximate surface area is 140 Å². The Morgan fingerprint density at radius 2 is 2.09 bits per heavy atom. The van der Waals surface area contributed by atoms with E-state index in [1.807, 2.05) is 6.92 Å². The lowest BCUT2D eigenvalue weighted by Gasteiger charge is -2.28. The molecule has 0 radical (unpaired) electrons. The van der Waals surface area contributed by atoms with E-state index in [9.17, 15) is 13.2 Å². The highest BCUT2D eigenvalue weighted by Crippen LogP contribution is 2.33. The van der Waals surface area contributed by atoms with E-state index in [0.717, 1.165) is 18.5 Å². The molecule has 126 valence electrons. The first-order chi connectivity index (χ1) is 10.8. The fourth-order valence-electron chi connectivity index (χ4n) is 2.88. The normalized spacial score (nSPS) is 22.9. The summed E-state index contributed by atoms with van der Waals surface area (Å²) < 4.78 is 23.4. The number of carbonyl (C=O) groups is 1. The zero-order valence-corrected chi connectivity index (χ0v) is 14.6. The minimum absolute atomic E-state index is 0.0386. The number of carbonyl (C=O) groups excluding carboxylic acids is 1. The lowest BCUT2D eigenvalue weighted by molar-refractivity contribution is -0.130. The standard InChI is InChI=1S/C14H20N4O3S2/c1-9-6-12(15)17-14(16-9)22-7-13(19)18(10-2-3-10)11-4-5-23(20,21)8-11/h6,10-11H,2-5,7-8H2,1H3,(H2,15,16,17)/t11-/m1/s1. The fraction of sp³-hybridized carbons (Fsp3) is 0.643. The van der Waals surface area contributed by atoms with Crippen molar-refractivity contribution < 1.29 is 13.2 Å². The first kappa shape index (κ1) is 16.5. The number of amides is 1. The van der Waals surface area contributed by atoms with Crippen molar-refractivity contribution in [2.45, 2.75) is 43.4 Å². The van der Waals surface area contributed by atoms with Crippen molar-refractivity contribution in [3.63, 3.8) is 0 Å². The van der Waals surface area contributed by atoms with Crippen LogP contribution in [-0.4, -0.2) is 58.5 Å². The van der Waals surface area contributed by atoms with Crippen LogP contribution >= 0.6 is 11.8 Å². The van der Waals surface area contributed by atoms with E-state index in [-0.39, 0.29) is 35.2 Å². The summed E-state index contributed by atoms with van der Waals surface area (Å²) in [7, 11) is -3.00. The van der Waals surface area contributed by atoms with Gasteiger partial charge in [0.05, 0.1) is 17.3 Å². The number of hydrogen-bond acceptors (Lipinski definition) is 7. The molecule has 0 spiro atoms. The van der Waals surface area contributed by atoms with Crippen LogP contribution < -0.4 is 5.73 Å². The quantitative estimate of drug-likeness (QED) is 0.609. The number of rotatable bonds is 5. The molecular formula is C14H20N4O3S2. The Kier molecular flexibility index (Phi) is 4.50.